The van der Waals surface area contributed by atoms with Gasteiger partial charge in [-0.15, -0.1) is 0 Å². The molecule has 22 heavy (non-hydrogen) atoms. The number of anilines is 1. The summed E-state index contributed by atoms with van der Waals surface area (Å²) in [6, 6.07) is 7.54. The van der Waals surface area contributed by atoms with E-state index in [0.29, 0.717) is 26.2 Å². The topological polar surface area (TPSA) is 78.7 Å². The Kier molecular flexibility index (Phi) is 4.71. The van der Waals surface area contributed by atoms with Crippen LogP contribution in [0.1, 0.15) is 19.4 Å². The molecule has 120 valence electrons. The number of carbonyl (C=O) groups excluding carboxylic acids is 2. The predicted molar refractivity (Wildman–Crippen MR) is 86.6 cm³/mol. The molecule has 0 unspecified atom stereocenters. The molecule has 1 aromatic rings. The van der Waals surface area contributed by atoms with Crippen LogP contribution < -0.4 is 11.1 Å². The summed E-state index contributed by atoms with van der Waals surface area (Å²) in [6.45, 7) is 7.44. The summed E-state index contributed by atoms with van der Waals surface area (Å²) >= 11 is 0. The third-order valence-electron chi connectivity index (χ3n) is 3.67. The molecule has 0 radical (unpaired) electrons. The highest BCUT2D eigenvalue weighted by molar-refractivity contribution is 5.90. The fourth-order valence-electron chi connectivity index (χ4n) is 2.45. The first kappa shape index (κ1) is 16.3. The SMILES string of the molecule is Cc1cccc(NC(=O)N2CCN(C(=O)C(C)(C)N)CC2)c1. The van der Waals surface area contributed by atoms with Crippen LogP contribution in [0.2, 0.25) is 0 Å². The molecule has 0 aliphatic carbocycles. The molecule has 0 spiro atoms. The Morgan fingerprint density at radius 2 is 1.73 bits per heavy atom. The number of nitrogens with one attached hydrogen (secondary N) is 1. The number of hydrogen-bond acceptors (Lipinski definition) is 3. The largest absolute Gasteiger partial charge is 0.338 e. The normalized spacial score (nSPS) is 15.6. The lowest BCUT2D eigenvalue weighted by Crippen LogP contribution is -2.58. The maximum Gasteiger partial charge on any atom is 0.321 e. The number of hydrogen-bond donors (Lipinski definition) is 2. The number of amides is 3. The van der Waals surface area contributed by atoms with E-state index in [1.54, 1.807) is 23.6 Å². The summed E-state index contributed by atoms with van der Waals surface area (Å²) in [4.78, 5) is 27.8. The van der Waals surface area contributed by atoms with Crippen LogP contribution in [0.15, 0.2) is 24.3 Å². The minimum atomic E-state index is -0.869. The van der Waals surface area contributed by atoms with Crippen molar-refractivity contribution in [2.45, 2.75) is 26.3 Å². The summed E-state index contributed by atoms with van der Waals surface area (Å²) in [5.41, 5.74) is 6.85. The Hall–Kier alpha value is -2.08. The molecule has 0 atom stereocenters. The van der Waals surface area contributed by atoms with Gasteiger partial charge in [0.05, 0.1) is 5.54 Å². The molecular formula is C16H24N4O2. The van der Waals surface area contributed by atoms with E-state index in [2.05, 4.69) is 5.32 Å². The van der Waals surface area contributed by atoms with Gasteiger partial charge in [-0.2, -0.15) is 0 Å². The third kappa shape index (κ3) is 3.98. The van der Waals surface area contributed by atoms with Crippen molar-refractivity contribution >= 4 is 17.6 Å². The second-order valence-electron chi connectivity index (χ2n) is 6.30. The molecule has 0 bridgehead atoms. The first-order chi connectivity index (χ1) is 10.3. The van der Waals surface area contributed by atoms with E-state index in [4.69, 9.17) is 5.73 Å². The van der Waals surface area contributed by atoms with E-state index in [-0.39, 0.29) is 11.9 Å². The maximum absolute atomic E-state index is 12.2. The van der Waals surface area contributed by atoms with Crippen LogP contribution in [0.4, 0.5) is 10.5 Å². The number of benzene rings is 1. The summed E-state index contributed by atoms with van der Waals surface area (Å²) in [6.07, 6.45) is 0. The average Bonchev–Trinajstić information content (AvgIpc) is 2.45. The third-order valence-corrected chi connectivity index (χ3v) is 3.67. The van der Waals surface area contributed by atoms with Gasteiger partial charge in [0.2, 0.25) is 5.91 Å². The van der Waals surface area contributed by atoms with Gasteiger partial charge in [-0.25, -0.2) is 4.79 Å². The lowest BCUT2D eigenvalue weighted by molar-refractivity contribution is -0.137. The van der Waals surface area contributed by atoms with Gasteiger partial charge in [0.25, 0.3) is 0 Å². The van der Waals surface area contributed by atoms with Gasteiger partial charge in [0.1, 0.15) is 0 Å². The van der Waals surface area contributed by atoms with Crippen LogP contribution in [0.5, 0.6) is 0 Å². The zero-order valence-corrected chi connectivity index (χ0v) is 13.4. The Bertz CT molecular complexity index is 558. The molecule has 2 rings (SSSR count). The van der Waals surface area contributed by atoms with Crippen LogP contribution >= 0.6 is 0 Å². The summed E-state index contributed by atoms with van der Waals surface area (Å²) in [7, 11) is 0. The maximum atomic E-state index is 12.2. The summed E-state index contributed by atoms with van der Waals surface area (Å²) in [5, 5.41) is 2.89. The zero-order valence-electron chi connectivity index (χ0n) is 13.4. The summed E-state index contributed by atoms with van der Waals surface area (Å²) < 4.78 is 0. The van der Waals surface area contributed by atoms with Crippen molar-refractivity contribution in [1.82, 2.24) is 9.80 Å². The minimum Gasteiger partial charge on any atom is -0.338 e. The molecule has 6 heteroatoms. The molecule has 1 heterocycles. The van der Waals surface area contributed by atoms with Gasteiger partial charge in [-0.05, 0) is 38.5 Å². The number of urea groups is 1. The first-order valence-electron chi connectivity index (χ1n) is 7.48. The fourth-order valence-corrected chi connectivity index (χ4v) is 2.45. The number of aryl methyl sites for hydroxylation is 1. The van der Waals surface area contributed by atoms with Gasteiger partial charge in [0, 0.05) is 31.9 Å². The highest BCUT2D eigenvalue weighted by Crippen LogP contribution is 2.13. The Balaban J connectivity index is 1.89. The van der Waals surface area contributed by atoms with Gasteiger partial charge >= 0.3 is 6.03 Å². The lowest BCUT2D eigenvalue weighted by atomic mass is 10.1. The van der Waals surface area contributed by atoms with Crippen LogP contribution in [0.25, 0.3) is 0 Å². The van der Waals surface area contributed by atoms with Crippen LogP contribution in [-0.4, -0.2) is 53.5 Å². The van der Waals surface area contributed by atoms with E-state index in [0.717, 1.165) is 11.3 Å². The number of nitrogens with two attached hydrogens (primary N) is 1. The number of carbonyl (C=O) groups is 2. The van der Waals surface area contributed by atoms with Crippen molar-refractivity contribution < 1.29 is 9.59 Å². The predicted octanol–water partition coefficient (Wildman–Crippen LogP) is 1.41. The van der Waals surface area contributed by atoms with Crippen LogP contribution in [0, 0.1) is 6.92 Å². The Morgan fingerprint density at radius 3 is 2.27 bits per heavy atom. The molecule has 6 nitrogen and oxygen atoms in total. The molecule has 3 amide bonds. The monoisotopic (exact) mass is 304 g/mol. The molecule has 0 aromatic heterocycles. The van der Waals surface area contributed by atoms with Gasteiger partial charge in [-0.1, -0.05) is 12.1 Å². The van der Waals surface area contributed by atoms with Crippen molar-refractivity contribution in [3.05, 3.63) is 29.8 Å². The summed E-state index contributed by atoms with van der Waals surface area (Å²) in [5.74, 6) is -0.0776. The Labute approximate surface area is 131 Å². The fraction of sp³-hybridized carbons (Fsp3) is 0.500. The average molecular weight is 304 g/mol. The van der Waals surface area contributed by atoms with E-state index < -0.39 is 5.54 Å². The standard InChI is InChI=1S/C16H24N4O2/c1-12-5-4-6-13(11-12)18-15(22)20-9-7-19(8-10-20)14(21)16(2,3)17/h4-6,11H,7-10,17H2,1-3H3,(H,18,22). The van der Waals surface area contributed by atoms with E-state index in [1.807, 2.05) is 31.2 Å². The molecule has 3 N–H and O–H groups in total. The smallest absolute Gasteiger partial charge is 0.321 e. The second-order valence-corrected chi connectivity index (χ2v) is 6.30. The number of nitrogens with zero attached hydrogens (tertiary/aromatic N) is 2. The first-order valence-corrected chi connectivity index (χ1v) is 7.48. The van der Waals surface area contributed by atoms with Crippen molar-refractivity contribution in [2.24, 2.45) is 5.73 Å². The lowest BCUT2D eigenvalue weighted by Gasteiger charge is -2.37. The quantitative estimate of drug-likeness (QED) is 0.867. The zero-order chi connectivity index (χ0) is 16.3. The van der Waals surface area contributed by atoms with E-state index in [9.17, 15) is 9.59 Å². The minimum absolute atomic E-state index is 0.0776. The molecule has 1 aliphatic heterocycles. The highest BCUT2D eigenvalue weighted by Gasteiger charge is 2.31. The van der Waals surface area contributed by atoms with Gasteiger partial charge in [-0.3, -0.25) is 4.79 Å². The molecule has 1 fully saturated rings. The van der Waals surface area contributed by atoms with E-state index in [1.165, 1.54) is 0 Å². The molecule has 1 aromatic carbocycles. The molecule has 1 aliphatic rings. The Morgan fingerprint density at radius 1 is 1.14 bits per heavy atom. The van der Waals surface area contributed by atoms with Gasteiger partial charge in [0.15, 0.2) is 0 Å². The van der Waals surface area contributed by atoms with Crippen molar-refractivity contribution in [3.8, 4) is 0 Å². The number of rotatable bonds is 2. The van der Waals surface area contributed by atoms with Crippen molar-refractivity contribution in [3.63, 3.8) is 0 Å². The second kappa shape index (κ2) is 6.36. The molecule has 0 saturated carbocycles. The van der Waals surface area contributed by atoms with Crippen LogP contribution in [0.3, 0.4) is 0 Å². The highest BCUT2D eigenvalue weighted by atomic mass is 16.2. The molecular weight excluding hydrogens is 280 g/mol. The molecule has 1 saturated heterocycles. The van der Waals surface area contributed by atoms with Gasteiger partial charge < -0.3 is 20.9 Å². The van der Waals surface area contributed by atoms with Crippen molar-refractivity contribution in [2.75, 3.05) is 31.5 Å². The van der Waals surface area contributed by atoms with E-state index >= 15 is 0 Å². The van der Waals surface area contributed by atoms with Crippen LogP contribution in [-0.2, 0) is 4.79 Å². The number of piperazine rings is 1. The van der Waals surface area contributed by atoms with Crippen molar-refractivity contribution in [1.29, 1.82) is 0 Å².